The van der Waals surface area contributed by atoms with E-state index >= 15 is 0 Å². The van der Waals surface area contributed by atoms with Crippen molar-refractivity contribution in [2.45, 2.75) is 20.0 Å². The van der Waals surface area contributed by atoms with Gasteiger partial charge in [0.05, 0.1) is 12.1 Å². The molecule has 0 aliphatic rings. The molecular weight excluding hydrogens is 439 g/mol. The van der Waals surface area contributed by atoms with Gasteiger partial charge in [-0.15, -0.1) is 0 Å². The molecule has 2 aromatic carbocycles. The minimum absolute atomic E-state index is 0.0676. The minimum atomic E-state index is -0.903. The molecule has 0 saturated heterocycles. The van der Waals surface area contributed by atoms with Gasteiger partial charge in [-0.05, 0) is 35.7 Å². The molecule has 0 atom stereocenters. The number of benzene rings is 2. The molecular formula is C26H23FN2O5. The van der Waals surface area contributed by atoms with Crippen molar-refractivity contribution in [2.75, 3.05) is 6.61 Å². The van der Waals surface area contributed by atoms with Crippen LogP contribution in [0.4, 0.5) is 4.39 Å². The zero-order valence-electron chi connectivity index (χ0n) is 18.7. The molecule has 0 fully saturated rings. The molecule has 0 radical (unpaired) electrons. The Hall–Kier alpha value is -4.20. The molecule has 7 nitrogen and oxygen atoms in total. The number of halogens is 1. The molecule has 0 spiro atoms. The van der Waals surface area contributed by atoms with Gasteiger partial charge < -0.3 is 19.1 Å². The van der Waals surface area contributed by atoms with Gasteiger partial charge in [-0.25, -0.2) is 9.18 Å². The van der Waals surface area contributed by atoms with Gasteiger partial charge in [-0.1, -0.05) is 36.4 Å². The monoisotopic (exact) mass is 462 g/mol. The Kier molecular flexibility index (Phi) is 6.58. The van der Waals surface area contributed by atoms with E-state index < -0.39 is 28.7 Å². The summed E-state index contributed by atoms with van der Waals surface area (Å²) < 4.78 is 25.9. The van der Waals surface area contributed by atoms with Crippen LogP contribution < -0.4 is 10.3 Å². The Bertz CT molecular complexity index is 1420. The lowest BCUT2D eigenvalue weighted by atomic mass is 10.0. The first-order valence-corrected chi connectivity index (χ1v) is 10.7. The molecule has 8 heteroatoms. The van der Waals surface area contributed by atoms with Crippen molar-refractivity contribution in [1.29, 1.82) is 0 Å². The molecule has 0 bridgehead atoms. The lowest BCUT2D eigenvalue weighted by Gasteiger charge is -2.14. The summed E-state index contributed by atoms with van der Waals surface area (Å²) in [6, 6.07) is 15.6. The van der Waals surface area contributed by atoms with Crippen LogP contribution in [-0.4, -0.2) is 27.2 Å². The highest BCUT2D eigenvalue weighted by Gasteiger charge is 2.23. The maximum Gasteiger partial charge on any atom is 0.347 e. The predicted octanol–water partition coefficient (Wildman–Crippen LogP) is 4.12. The van der Waals surface area contributed by atoms with E-state index in [4.69, 9.17) is 9.47 Å². The fraction of sp³-hybridized carbons (Fsp3) is 0.192. The fourth-order valence-electron chi connectivity index (χ4n) is 3.68. The Morgan fingerprint density at radius 3 is 2.62 bits per heavy atom. The molecule has 4 rings (SSSR count). The van der Waals surface area contributed by atoms with Crippen molar-refractivity contribution < 1.29 is 23.8 Å². The van der Waals surface area contributed by atoms with E-state index in [1.807, 2.05) is 30.3 Å². The number of pyridine rings is 2. The summed E-state index contributed by atoms with van der Waals surface area (Å²) in [7, 11) is 1.49. The molecule has 4 aromatic rings. The number of carbonyl (C=O) groups excluding carboxylic acids is 1. The summed E-state index contributed by atoms with van der Waals surface area (Å²) in [5.41, 5.74) is 1.71. The van der Waals surface area contributed by atoms with Crippen LogP contribution in [-0.2, 0) is 24.8 Å². The number of aromatic hydroxyl groups is 1. The number of carbonyl (C=O) groups is 1. The first-order chi connectivity index (χ1) is 16.4. The van der Waals surface area contributed by atoms with Crippen molar-refractivity contribution >= 4 is 17.0 Å². The second-order valence-electron chi connectivity index (χ2n) is 7.72. The quantitative estimate of drug-likeness (QED) is 0.416. The Morgan fingerprint density at radius 2 is 1.88 bits per heavy atom. The number of fused-ring (bicyclic) bond motifs is 1. The number of aromatic nitrogens is 2. The molecule has 1 N–H and O–H groups in total. The van der Waals surface area contributed by atoms with Gasteiger partial charge in [0.1, 0.15) is 23.7 Å². The SMILES string of the molecule is CCOC(=O)c1c(O)c2ncc(Cc3ccc(F)cc3OCc3ccccc3)cc2n(C)c1=O. The van der Waals surface area contributed by atoms with Gasteiger partial charge >= 0.3 is 5.97 Å². The molecule has 34 heavy (non-hydrogen) atoms. The summed E-state index contributed by atoms with van der Waals surface area (Å²) in [6.45, 7) is 1.96. The number of nitrogens with zero attached hydrogens (tertiary/aromatic N) is 2. The van der Waals surface area contributed by atoms with Crippen LogP contribution >= 0.6 is 0 Å². The topological polar surface area (TPSA) is 90.7 Å². The van der Waals surface area contributed by atoms with Crippen LogP contribution in [0.1, 0.15) is 34.0 Å². The van der Waals surface area contributed by atoms with Crippen LogP contribution in [0, 0.1) is 5.82 Å². The van der Waals surface area contributed by atoms with Crippen molar-refractivity contribution in [1.82, 2.24) is 9.55 Å². The van der Waals surface area contributed by atoms with Crippen molar-refractivity contribution in [3.05, 3.63) is 99.2 Å². The standard InChI is InChI=1S/C26H23FN2O5/c1-3-33-26(32)22-24(30)23-20(29(2)25(22)31)12-17(14-28-23)11-18-9-10-19(27)13-21(18)34-15-16-7-5-4-6-8-16/h4-10,12-14,30H,3,11,15H2,1-2H3. The largest absolute Gasteiger partial charge is 0.505 e. The van der Waals surface area contributed by atoms with Gasteiger partial charge in [-0.2, -0.15) is 0 Å². The zero-order valence-corrected chi connectivity index (χ0v) is 18.7. The van der Waals surface area contributed by atoms with Gasteiger partial charge in [0.2, 0.25) is 0 Å². The molecule has 2 heterocycles. The molecule has 0 aliphatic carbocycles. The van der Waals surface area contributed by atoms with Gasteiger partial charge in [-0.3, -0.25) is 9.78 Å². The minimum Gasteiger partial charge on any atom is -0.505 e. The number of hydrogen-bond donors (Lipinski definition) is 1. The normalized spacial score (nSPS) is 10.9. The number of aryl methyl sites for hydroxylation is 1. The number of rotatable bonds is 7. The summed E-state index contributed by atoms with van der Waals surface area (Å²) in [5.74, 6) is -1.43. The third-order valence-corrected chi connectivity index (χ3v) is 5.41. The van der Waals surface area contributed by atoms with Gasteiger partial charge in [0, 0.05) is 25.7 Å². The van der Waals surface area contributed by atoms with E-state index in [2.05, 4.69) is 4.98 Å². The Labute approximate surface area is 195 Å². The van der Waals surface area contributed by atoms with E-state index in [0.717, 1.165) is 11.1 Å². The first kappa shape index (κ1) is 23.0. The van der Waals surface area contributed by atoms with Crippen LogP contribution in [0.15, 0.2) is 65.6 Å². The van der Waals surface area contributed by atoms with E-state index in [1.165, 1.54) is 29.9 Å². The summed E-state index contributed by atoms with van der Waals surface area (Å²) in [6.07, 6.45) is 1.88. The molecule has 174 valence electrons. The maximum atomic E-state index is 13.9. The molecule has 2 aromatic heterocycles. The van der Waals surface area contributed by atoms with Crippen molar-refractivity contribution in [3.63, 3.8) is 0 Å². The summed E-state index contributed by atoms with van der Waals surface area (Å²) in [5, 5.41) is 10.5. The van der Waals surface area contributed by atoms with Crippen molar-refractivity contribution in [3.8, 4) is 11.5 Å². The zero-order chi connectivity index (χ0) is 24.2. The second kappa shape index (κ2) is 9.74. The second-order valence-corrected chi connectivity index (χ2v) is 7.72. The molecule has 0 saturated carbocycles. The lowest BCUT2D eigenvalue weighted by Crippen LogP contribution is -2.26. The highest BCUT2D eigenvalue weighted by molar-refractivity contribution is 5.98. The number of esters is 1. The average molecular weight is 462 g/mol. The van der Waals surface area contributed by atoms with E-state index in [-0.39, 0.29) is 18.7 Å². The maximum absolute atomic E-state index is 13.9. The Morgan fingerprint density at radius 1 is 1.12 bits per heavy atom. The average Bonchev–Trinajstić information content (AvgIpc) is 2.83. The molecule has 0 unspecified atom stereocenters. The molecule has 0 amide bonds. The molecule has 0 aliphatic heterocycles. The summed E-state index contributed by atoms with van der Waals surface area (Å²) >= 11 is 0. The van der Waals surface area contributed by atoms with Gasteiger partial charge in [0.25, 0.3) is 5.56 Å². The Balaban J connectivity index is 1.68. The van der Waals surface area contributed by atoms with Crippen LogP contribution in [0.3, 0.4) is 0 Å². The highest BCUT2D eigenvalue weighted by atomic mass is 19.1. The van der Waals surface area contributed by atoms with E-state index in [9.17, 15) is 19.1 Å². The van der Waals surface area contributed by atoms with E-state index in [0.29, 0.717) is 23.3 Å². The fourth-order valence-corrected chi connectivity index (χ4v) is 3.68. The van der Waals surface area contributed by atoms with Crippen molar-refractivity contribution in [2.24, 2.45) is 7.05 Å². The number of ether oxygens (including phenoxy) is 2. The summed E-state index contributed by atoms with van der Waals surface area (Å²) in [4.78, 5) is 29.2. The van der Waals surface area contributed by atoms with E-state index in [1.54, 1.807) is 19.1 Å². The van der Waals surface area contributed by atoms with Crippen LogP contribution in [0.2, 0.25) is 0 Å². The van der Waals surface area contributed by atoms with Gasteiger partial charge in [0.15, 0.2) is 11.3 Å². The lowest BCUT2D eigenvalue weighted by molar-refractivity contribution is 0.0520. The smallest absolute Gasteiger partial charge is 0.347 e. The van der Waals surface area contributed by atoms with Crippen LogP contribution in [0.25, 0.3) is 11.0 Å². The highest BCUT2D eigenvalue weighted by Crippen LogP contribution is 2.28. The third kappa shape index (κ3) is 4.61. The first-order valence-electron chi connectivity index (χ1n) is 10.7. The predicted molar refractivity (Wildman–Crippen MR) is 125 cm³/mol. The third-order valence-electron chi connectivity index (χ3n) is 5.41. The number of hydrogen-bond acceptors (Lipinski definition) is 6. The van der Waals surface area contributed by atoms with Crippen LogP contribution in [0.5, 0.6) is 11.5 Å².